The minimum absolute atomic E-state index is 0.00826. The van der Waals surface area contributed by atoms with E-state index in [4.69, 9.17) is 34.4 Å². The summed E-state index contributed by atoms with van der Waals surface area (Å²) in [5.41, 5.74) is 34.2. The number of hydrogen-bond acceptors (Lipinski definition) is 22. The van der Waals surface area contributed by atoms with E-state index in [1.807, 2.05) is 0 Å². The lowest BCUT2D eigenvalue weighted by molar-refractivity contribution is -0.149. The number of thiol groups is 1. The number of carbonyl (C=O) groups is 15. The zero-order valence-corrected chi connectivity index (χ0v) is 68.5. The first kappa shape index (κ1) is 96.5. The van der Waals surface area contributed by atoms with Gasteiger partial charge in [0.2, 0.25) is 82.7 Å². The van der Waals surface area contributed by atoms with Crippen LogP contribution < -0.4 is 98.2 Å². The van der Waals surface area contributed by atoms with Crippen LogP contribution in [0.3, 0.4) is 0 Å². The van der Waals surface area contributed by atoms with Gasteiger partial charge in [0.15, 0.2) is 17.9 Å². The summed E-state index contributed by atoms with van der Waals surface area (Å²) >= 11 is 5.72. The van der Waals surface area contributed by atoms with Crippen molar-refractivity contribution in [3.05, 3.63) is 54.1 Å². The molecule has 42 nitrogen and oxygen atoms in total. The highest BCUT2D eigenvalue weighted by molar-refractivity contribution is 7.98. The number of nitrogens with two attached hydrogens (primary N) is 6. The number of aromatic nitrogens is 2. The minimum atomic E-state index is -1.82. The van der Waals surface area contributed by atoms with E-state index in [0.29, 0.717) is 29.9 Å². The highest BCUT2D eigenvalue weighted by atomic mass is 32.2. The number of carboxylic acid groups (broad SMARTS) is 1. The Morgan fingerprint density at radius 3 is 1.52 bits per heavy atom. The molecule has 1 unspecified atom stereocenters. The third kappa shape index (κ3) is 32.2. The summed E-state index contributed by atoms with van der Waals surface area (Å²) in [5, 5.41) is 52.1. The number of aliphatic imine (C=N–C) groups is 3. The lowest BCUT2D eigenvalue weighted by Gasteiger charge is -2.31. The third-order valence-electron chi connectivity index (χ3n) is 19.4. The van der Waals surface area contributed by atoms with Gasteiger partial charge in [0.25, 0.3) is 0 Å². The Balaban J connectivity index is 1.30. The maximum absolute atomic E-state index is 14.8. The second kappa shape index (κ2) is 49.1. The minimum Gasteiger partial charge on any atom is -0.480 e. The summed E-state index contributed by atoms with van der Waals surface area (Å²) in [4.78, 5) is 231. The number of guanidine groups is 3. The zero-order chi connectivity index (χ0) is 86.6. The van der Waals surface area contributed by atoms with Crippen LogP contribution >= 0.6 is 24.4 Å². The van der Waals surface area contributed by atoms with Crippen molar-refractivity contribution in [2.75, 3.05) is 57.1 Å². The van der Waals surface area contributed by atoms with Crippen molar-refractivity contribution in [1.29, 1.82) is 0 Å². The summed E-state index contributed by atoms with van der Waals surface area (Å²) in [6.07, 6.45) is 5.59. The first-order valence-corrected chi connectivity index (χ1v) is 40.9. The van der Waals surface area contributed by atoms with Gasteiger partial charge in [0.1, 0.15) is 84.6 Å². The van der Waals surface area contributed by atoms with E-state index in [9.17, 15) is 82.1 Å². The average Bonchev–Trinajstić information content (AvgIpc) is 1.77. The molecule has 3 fully saturated rings. The monoisotopic (exact) mass is 1680 g/mol. The second-order valence-corrected chi connectivity index (χ2v) is 30.8. The number of amides is 14. The molecule has 2 aromatic rings. The van der Waals surface area contributed by atoms with Gasteiger partial charge >= 0.3 is 5.97 Å². The molecular formula is C73H117N25O17S2. The van der Waals surface area contributed by atoms with Crippen molar-refractivity contribution in [1.82, 2.24) is 83.6 Å². The second-order valence-electron chi connectivity index (χ2n) is 29.5. The number of rotatable bonds is 49. The molecule has 27 N–H and O–H groups in total. The predicted molar refractivity (Wildman–Crippen MR) is 436 cm³/mol. The topological polar surface area (TPSA) is 669 Å². The van der Waals surface area contributed by atoms with Crippen molar-refractivity contribution >= 4 is 131 Å². The Labute approximate surface area is 687 Å². The van der Waals surface area contributed by atoms with Gasteiger partial charge in [0.05, 0.1) is 12.9 Å². The molecule has 0 bridgehead atoms. The summed E-state index contributed by atoms with van der Waals surface area (Å²) < 4.78 is 0. The molecule has 5 rings (SSSR count). The van der Waals surface area contributed by atoms with Gasteiger partial charge in [-0.15, -0.1) is 0 Å². The predicted octanol–water partition coefficient (Wildman–Crippen LogP) is -6.57. The van der Waals surface area contributed by atoms with Gasteiger partial charge < -0.3 is 123 Å². The summed E-state index contributed by atoms with van der Waals surface area (Å²) in [7, 11) is 0. The Morgan fingerprint density at radius 2 is 1.02 bits per heavy atom. The fraction of sp³-hybridized carbons (Fsp3) is 0.630. The van der Waals surface area contributed by atoms with E-state index in [0.717, 1.165) is 0 Å². The van der Waals surface area contributed by atoms with E-state index in [2.05, 4.69) is 101 Å². The number of carbonyl (C=O) groups excluding carboxylic acids is 14. The Bertz CT molecular complexity index is 3810. The van der Waals surface area contributed by atoms with Crippen LogP contribution in [0.15, 0.2) is 57.8 Å². The van der Waals surface area contributed by atoms with Gasteiger partial charge in [-0.25, -0.2) is 9.78 Å². The fourth-order valence-electron chi connectivity index (χ4n) is 13.2. The molecule has 3 saturated heterocycles. The lowest BCUT2D eigenvalue weighted by Crippen LogP contribution is -2.61. The number of aliphatic hydroxyl groups excluding tert-OH is 1. The van der Waals surface area contributed by atoms with E-state index in [1.54, 1.807) is 64.3 Å². The fourth-order valence-corrected chi connectivity index (χ4v) is 13.9. The van der Waals surface area contributed by atoms with E-state index in [1.165, 1.54) is 41.0 Å². The highest BCUT2D eigenvalue weighted by Crippen LogP contribution is 2.23. The molecule has 44 heteroatoms. The van der Waals surface area contributed by atoms with Crippen LogP contribution in [0, 0.1) is 11.8 Å². The molecule has 1 aromatic carbocycles. The number of aromatic amines is 1. The van der Waals surface area contributed by atoms with Crippen molar-refractivity contribution in [3.63, 3.8) is 0 Å². The maximum atomic E-state index is 14.8. The number of carboxylic acids is 1. The summed E-state index contributed by atoms with van der Waals surface area (Å²) in [6.45, 7) is 7.25. The van der Waals surface area contributed by atoms with Crippen LogP contribution in [0.4, 0.5) is 0 Å². The number of aliphatic carboxylic acids is 1. The van der Waals surface area contributed by atoms with Crippen LogP contribution in [-0.4, -0.2) is 278 Å². The molecular weight excluding hydrogens is 1560 g/mol. The molecule has 4 heterocycles. The van der Waals surface area contributed by atoms with Crippen LogP contribution in [0.1, 0.15) is 136 Å². The van der Waals surface area contributed by atoms with Crippen LogP contribution in [0.2, 0.25) is 0 Å². The number of thioether (sulfide) groups is 1. The molecule has 0 saturated carbocycles. The van der Waals surface area contributed by atoms with Crippen LogP contribution in [-0.2, 0) is 84.8 Å². The number of H-pyrrole nitrogens is 1. The molecule has 117 heavy (non-hydrogen) atoms. The summed E-state index contributed by atoms with van der Waals surface area (Å²) in [5.74, 6) is -14.1. The first-order valence-electron chi connectivity index (χ1n) is 38.9. The normalized spacial score (nSPS) is 17.8. The first-order chi connectivity index (χ1) is 55.5. The molecule has 648 valence electrons. The van der Waals surface area contributed by atoms with Gasteiger partial charge in [-0.2, -0.15) is 24.4 Å². The highest BCUT2D eigenvalue weighted by Gasteiger charge is 2.43. The largest absolute Gasteiger partial charge is 0.480 e. The van der Waals surface area contributed by atoms with Crippen LogP contribution in [0.5, 0.6) is 0 Å². The van der Waals surface area contributed by atoms with Crippen molar-refractivity contribution in [3.8, 4) is 0 Å². The van der Waals surface area contributed by atoms with Crippen molar-refractivity contribution < 1.29 is 82.1 Å². The average molecular weight is 1680 g/mol. The zero-order valence-electron chi connectivity index (χ0n) is 66.8. The smallest absolute Gasteiger partial charge is 0.326 e. The molecule has 14 amide bonds. The quantitative estimate of drug-likeness (QED) is 0.0127. The van der Waals surface area contributed by atoms with Crippen molar-refractivity contribution in [2.24, 2.45) is 61.2 Å². The molecule has 0 aliphatic carbocycles. The number of aliphatic hydroxyl groups is 1. The molecule has 14 atom stereocenters. The molecule has 3 aliphatic rings. The summed E-state index contributed by atoms with van der Waals surface area (Å²) in [6, 6.07) is -10.1. The van der Waals surface area contributed by atoms with E-state index < -0.39 is 180 Å². The van der Waals surface area contributed by atoms with Gasteiger partial charge in [-0.3, -0.25) is 82.1 Å². The van der Waals surface area contributed by atoms with E-state index in [-0.39, 0.29) is 158 Å². The standard InChI is InChI=1S/C73H117N25O17S2/c1-38(2)31-48(92-66(110)53-20-13-28-97(53)68(112)47(24-30-117-6)90-65(109)52(36-116)95-59(103)44(18-11-26-82-72(76)77)87-58(102)43(17-10-25-81-71(74)75)88-60(104)46-22-23-55(100)86-46)62(106)91-49(33-42-34-80-37-84-42)63(107)94-51(35-99)64(108)89-45(19-12-27-83-73(78)79)61(105)96-56(39(3)4)67(111)85-40(5)57(101)93-50(32-41-15-8-7-9-16-41)69(113)98-29-14-21-54(98)70(114)115/h7-9,15-16,34,37-40,43-54,56,99,116H,10-14,17-33,35-36H2,1-6H3,(H,80,84)(H,85,111)(H,86,100)(H,87,102)(H,88,104)(H,89,108)(H,90,109)(H,91,106)(H,92,110)(H,93,101)(H,94,107)(H,95,103)(H,96,105)(H,114,115)(H4,74,75,81)(H4,76,77,82)(H4,78,79,83)/t40-,43+,44-,45-,46?,47-,48-,49-,50-,51-,52-,53-,54-,56-/m0/s1. The van der Waals surface area contributed by atoms with Gasteiger partial charge in [-0.1, -0.05) is 58.0 Å². The van der Waals surface area contributed by atoms with Crippen LogP contribution in [0.25, 0.3) is 0 Å². The number of benzene rings is 1. The molecule has 1 aromatic heterocycles. The lowest BCUT2D eigenvalue weighted by atomic mass is 10.0. The van der Waals surface area contributed by atoms with Gasteiger partial charge in [0, 0.05) is 69.6 Å². The Morgan fingerprint density at radius 1 is 0.547 bits per heavy atom. The molecule has 3 aliphatic heterocycles. The number of nitrogens with zero attached hydrogens (tertiary/aromatic N) is 6. The Kier molecular flexibility index (Phi) is 40.5. The number of imidazole rings is 1. The number of likely N-dealkylation sites (tertiary alicyclic amines) is 2. The number of hydrogen-bond donors (Lipinski definition) is 22. The van der Waals surface area contributed by atoms with Gasteiger partial charge in [-0.05, 0) is 120 Å². The maximum Gasteiger partial charge on any atom is 0.326 e. The molecule has 0 spiro atoms. The number of nitrogens with one attached hydrogen (secondary N) is 13. The molecule has 0 radical (unpaired) electrons. The van der Waals surface area contributed by atoms with E-state index >= 15 is 0 Å². The Hall–Kier alpha value is -11.1. The SMILES string of the molecule is CSCC[C@H](NC(=O)[C@H](CS)NC(=O)[C@H](CCCN=C(N)N)NC(=O)[C@@H](CCCN=C(N)N)NC(=O)C1CCC(=O)N1)C(=O)N1CCC[C@H]1C(=O)N[C@@H](CC(C)C)C(=O)N[C@@H](Cc1cnc[nH]1)C(=O)N[C@@H](CO)C(=O)N[C@@H](CCCN=C(N)N)C(=O)N[C@H](C(=O)N[C@@H](C)C(=O)N[C@@H](Cc1ccccc1)C(=O)N1CCC[C@H]1C(=O)O)C(C)C. The van der Waals surface area contributed by atoms with Crippen molar-refractivity contribution in [2.45, 2.75) is 222 Å². The third-order valence-corrected chi connectivity index (χ3v) is 20.4.